The Labute approximate surface area is 126 Å². The highest BCUT2D eigenvalue weighted by molar-refractivity contribution is 7.71. The van der Waals surface area contributed by atoms with Crippen molar-refractivity contribution in [3.63, 3.8) is 0 Å². The van der Waals surface area contributed by atoms with Gasteiger partial charge in [-0.2, -0.15) is 0 Å². The van der Waals surface area contributed by atoms with Crippen LogP contribution < -0.4 is 5.32 Å². The second kappa shape index (κ2) is 4.66. The minimum Gasteiger partial charge on any atom is -0.354 e. The summed E-state index contributed by atoms with van der Waals surface area (Å²) in [6.45, 7) is 0.622. The average Bonchev–Trinajstić information content (AvgIpc) is 2.85. The molecule has 4 rings (SSSR count). The number of benzene rings is 1. The fraction of sp³-hybridized carbons (Fsp3) is 0.267. The highest BCUT2D eigenvalue weighted by Gasteiger charge is 2.22. The molecule has 0 spiro atoms. The lowest BCUT2D eigenvalue weighted by Gasteiger charge is -2.24. The third kappa shape index (κ3) is 1.94. The molecule has 2 N–H and O–H groups in total. The van der Waals surface area contributed by atoms with Crippen molar-refractivity contribution in [1.82, 2.24) is 19.9 Å². The van der Waals surface area contributed by atoms with E-state index in [9.17, 15) is 4.79 Å². The zero-order valence-corrected chi connectivity index (χ0v) is 12.1. The molecule has 1 unspecified atom stereocenters. The van der Waals surface area contributed by atoms with Crippen LogP contribution in [0.5, 0.6) is 0 Å². The number of hydrogen-bond donors (Lipinski definition) is 2. The van der Waals surface area contributed by atoms with E-state index in [4.69, 9.17) is 12.2 Å². The van der Waals surface area contributed by atoms with Gasteiger partial charge in [-0.25, -0.2) is 0 Å². The van der Waals surface area contributed by atoms with Crippen LogP contribution in [0, 0.1) is 4.77 Å². The number of amides is 1. The Hall–Kier alpha value is -2.21. The molecule has 3 heterocycles. The van der Waals surface area contributed by atoms with Gasteiger partial charge in [0.15, 0.2) is 4.77 Å². The summed E-state index contributed by atoms with van der Waals surface area (Å²) < 4.78 is 2.82. The molecule has 0 radical (unpaired) electrons. The number of pyridine rings is 1. The minimum absolute atomic E-state index is 0.115. The van der Waals surface area contributed by atoms with Gasteiger partial charge in [0, 0.05) is 18.4 Å². The number of piperidine rings is 1. The molecule has 0 aliphatic carbocycles. The Morgan fingerprint density at radius 3 is 3.00 bits per heavy atom. The van der Waals surface area contributed by atoms with E-state index in [1.807, 2.05) is 24.4 Å². The highest BCUT2D eigenvalue weighted by Crippen LogP contribution is 2.28. The summed E-state index contributed by atoms with van der Waals surface area (Å²) in [6, 6.07) is 8.23. The monoisotopic (exact) mass is 298 g/mol. The van der Waals surface area contributed by atoms with Gasteiger partial charge in [0.2, 0.25) is 5.91 Å². The van der Waals surface area contributed by atoms with Crippen molar-refractivity contribution in [1.29, 1.82) is 0 Å². The van der Waals surface area contributed by atoms with E-state index in [0.29, 0.717) is 17.7 Å². The lowest BCUT2D eigenvalue weighted by atomic mass is 10.1. The van der Waals surface area contributed by atoms with Crippen LogP contribution in [0.15, 0.2) is 30.5 Å². The number of nitrogens with zero attached hydrogens (tertiary/aromatic N) is 2. The SMILES string of the molecule is O=C1CCC(n2c(=S)[nH]c3cnc4ccccc4c32)CN1. The zero-order valence-electron chi connectivity index (χ0n) is 11.3. The molecule has 0 saturated carbocycles. The maximum absolute atomic E-state index is 11.4. The summed E-state index contributed by atoms with van der Waals surface area (Å²) in [4.78, 5) is 19.1. The number of rotatable bonds is 1. The van der Waals surface area contributed by atoms with Gasteiger partial charge in [0.1, 0.15) is 0 Å². The summed E-state index contributed by atoms with van der Waals surface area (Å²) in [7, 11) is 0. The largest absolute Gasteiger partial charge is 0.354 e. The van der Waals surface area contributed by atoms with Crippen LogP contribution in [0.3, 0.4) is 0 Å². The quantitative estimate of drug-likeness (QED) is 0.679. The molecule has 6 heteroatoms. The maximum Gasteiger partial charge on any atom is 0.220 e. The fourth-order valence-electron chi connectivity index (χ4n) is 3.04. The molecule has 1 atom stereocenters. The van der Waals surface area contributed by atoms with E-state index in [0.717, 1.165) is 28.4 Å². The summed E-state index contributed by atoms with van der Waals surface area (Å²) in [5, 5.41) is 4.01. The van der Waals surface area contributed by atoms with Crippen LogP contribution >= 0.6 is 12.2 Å². The van der Waals surface area contributed by atoms with Crippen LogP contribution in [0.1, 0.15) is 18.9 Å². The summed E-state index contributed by atoms with van der Waals surface area (Å²) in [6.07, 6.45) is 3.18. The van der Waals surface area contributed by atoms with E-state index in [1.165, 1.54) is 0 Å². The lowest BCUT2D eigenvalue weighted by Crippen LogP contribution is -2.36. The molecule has 1 saturated heterocycles. The van der Waals surface area contributed by atoms with Gasteiger partial charge >= 0.3 is 0 Å². The second-order valence-electron chi connectivity index (χ2n) is 5.33. The van der Waals surface area contributed by atoms with Gasteiger partial charge in [-0.1, -0.05) is 18.2 Å². The van der Waals surface area contributed by atoms with Gasteiger partial charge in [-0.3, -0.25) is 9.78 Å². The van der Waals surface area contributed by atoms with E-state index in [1.54, 1.807) is 0 Å². The average molecular weight is 298 g/mol. The first-order valence-corrected chi connectivity index (χ1v) is 7.39. The Morgan fingerprint density at radius 2 is 2.19 bits per heavy atom. The Balaban J connectivity index is 1.99. The molecule has 5 nitrogen and oxygen atoms in total. The Kier molecular flexibility index (Phi) is 2.78. The molecular formula is C15H14N4OS. The van der Waals surface area contributed by atoms with Crippen LogP contribution in [0.2, 0.25) is 0 Å². The van der Waals surface area contributed by atoms with Gasteiger partial charge in [0.05, 0.1) is 28.8 Å². The van der Waals surface area contributed by atoms with Crippen molar-refractivity contribution in [2.45, 2.75) is 18.9 Å². The number of aromatic amines is 1. The molecule has 1 aliphatic heterocycles. The van der Waals surface area contributed by atoms with E-state index in [2.05, 4.69) is 25.9 Å². The van der Waals surface area contributed by atoms with Crippen molar-refractivity contribution in [3.05, 3.63) is 35.2 Å². The molecule has 1 aromatic carbocycles. The second-order valence-corrected chi connectivity index (χ2v) is 5.72. The standard InChI is InChI=1S/C15H14N4OS/c20-13-6-5-9(7-17-13)19-14-10-3-1-2-4-11(10)16-8-12(14)18-15(19)21/h1-4,8-9H,5-7H2,(H,17,20)(H,18,21). The molecule has 21 heavy (non-hydrogen) atoms. The van der Waals surface area contributed by atoms with Gasteiger partial charge in [0.25, 0.3) is 0 Å². The van der Waals surface area contributed by atoms with Crippen molar-refractivity contribution in [2.24, 2.45) is 0 Å². The molecule has 1 aliphatic rings. The first kappa shape index (κ1) is 12.5. The van der Waals surface area contributed by atoms with E-state index in [-0.39, 0.29) is 11.9 Å². The van der Waals surface area contributed by atoms with Gasteiger partial charge in [-0.05, 0) is 24.7 Å². The minimum atomic E-state index is 0.115. The highest BCUT2D eigenvalue weighted by atomic mass is 32.1. The maximum atomic E-state index is 11.4. The first-order valence-electron chi connectivity index (χ1n) is 6.99. The van der Waals surface area contributed by atoms with Crippen LogP contribution in [0.4, 0.5) is 0 Å². The number of imidazole rings is 1. The van der Waals surface area contributed by atoms with Gasteiger partial charge < -0.3 is 14.9 Å². The molecule has 1 fully saturated rings. The summed E-state index contributed by atoms with van der Waals surface area (Å²) in [5.74, 6) is 0.115. The summed E-state index contributed by atoms with van der Waals surface area (Å²) >= 11 is 5.49. The molecule has 2 aromatic heterocycles. The Bertz CT molecular complexity index is 901. The number of nitrogens with one attached hydrogen (secondary N) is 2. The molecule has 1 amide bonds. The van der Waals surface area contributed by atoms with Gasteiger partial charge in [-0.15, -0.1) is 0 Å². The van der Waals surface area contributed by atoms with Crippen molar-refractivity contribution >= 4 is 40.1 Å². The third-order valence-electron chi connectivity index (χ3n) is 4.05. The number of aromatic nitrogens is 3. The van der Waals surface area contributed by atoms with E-state index >= 15 is 0 Å². The predicted octanol–water partition coefficient (Wildman–Crippen LogP) is 2.70. The number of fused-ring (bicyclic) bond motifs is 3. The molecule has 0 bridgehead atoms. The number of para-hydroxylation sites is 1. The van der Waals surface area contributed by atoms with E-state index < -0.39 is 0 Å². The number of H-pyrrole nitrogens is 1. The number of hydrogen-bond acceptors (Lipinski definition) is 3. The van der Waals surface area contributed by atoms with Crippen molar-refractivity contribution < 1.29 is 4.79 Å². The third-order valence-corrected chi connectivity index (χ3v) is 4.35. The molecule has 106 valence electrons. The van der Waals surface area contributed by atoms with Crippen LogP contribution in [-0.4, -0.2) is 27.0 Å². The number of carbonyl (C=O) groups is 1. The first-order chi connectivity index (χ1) is 10.2. The lowest BCUT2D eigenvalue weighted by molar-refractivity contribution is -0.122. The zero-order chi connectivity index (χ0) is 14.4. The molecule has 3 aromatic rings. The fourth-order valence-corrected chi connectivity index (χ4v) is 3.39. The van der Waals surface area contributed by atoms with Crippen LogP contribution in [-0.2, 0) is 4.79 Å². The summed E-state index contributed by atoms with van der Waals surface area (Å²) in [5.41, 5.74) is 2.97. The number of carbonyl (C=O) groups excluding carboxylic acids is 1. The van der Waals surface area contributed by atoms with Crippen LogP contribution in [0.25, 0.3) is 21.9 Å². The predicted molar refractivity (Wildman–Crippen MR) is 83.7 cm³/mol. The molecular weight excluding hydrogens is 284 g/mol. The Morgan fingerprint density at radius 1 is 1.33 bits per heavy atom. The topological polar surface area (TPSA) is 62.7 Å². The van der Waals surface area contributed by atoms with Crippen molar-refractivity contribution in [2.75, 3.05) is 6.54 Å². The normalized spacial score (nSPS) is 19.0. The smallest absolute Gasteiger partial charge is 0.220 e. The van der Waals surface area contributed by atoms with Crippen molar-refractivity contribution in [3.8, 4) is 0 Å².